The number of ether oxygens (including phenoxy) is 1. The van der Waals surface area contributed by atoms with Gasteiger partial charge >= 0.3 is 6.09 Å². The van der Waals surface area contributed by atoms with Crippen molar-refractivity contribution in [3.63, 3.8) is 0 Å². The van der Waals surface area contributed by atoms with Crippen LogP contribution in [0.4, 0.5) is 10.6 Å². The van der Waals surface area contributed by atoms with Crippen molar-refractivity contribution in [1.29, 1.82) is 0 Å². The van der Waals surface area contributed by atoms with Crippen LogP contribution >= 0.6 is 11.8 Å². The third kappa shape index (κ3) is 5.24. The lowest BCUT2D eigenvalue weighted by molar-refractivity contribution is 0.0210. The van der Waals surface area contributed by atoms with E-state index >= 15 is 0 Å². The van der Waals surface area contributed by atoms with Crippen LogP contribution in [0, 0.1) is 0 Å². The number of aromatic nitrogens is 2. The van der Waals surface area contributed by atoms with Crippen molar-refractivity contribution in [2.24, 2.45) is 0 Å². The molecule has 8 heteroatoms. The van der Waals surface area contributed by atoms with Gasteiger partial charge in [0.15, 0.2) is 5.16 Å². The summed E-state index contributed by atoms with van der Waals surface area (Å²) in [5.74, 6) is 0.674. The number of hydrogen-bond donors (Lipinski definition) is 2. The molecule has 0 aliphatic carbocycles. The number of aliphatic hydroxyl groups is 1. The van der Waals surface area contributed by atoms with Crippen molar-refractivity contribution in [2.75, 3.05) is 24.7 Å². The predicted octanol–water partition coefficient (Wildman–Crippen LogP) is 2.50. The fourth-order valence-corrected chi connectivity index (χ4v) is 2.80. The Morgan fingerprint density at radius 3 is 2.67 bits per heavy atom. The van der Waals surface area contributed by atoms with Crippen LogP contribution in [0.5, 0.6) is 0 Å². The summed E-state index contributed by atoms with van der Waals surface area (Å²) in [5, 5.41) is 13.5. The molecule has 1 amide bonds. The maximum atomic E-state index is 12.1. The van der Waals surface area contributed by atoms with E-state index in [0.717, 1.165) is 12.8 Å². The second-order valence-electron chi connectivity index (χ2n) is 6.77. The lowest BCUT2D eigenvalue weighted by Crippen LogP contribution is -2.44. The first-order valence-corrected chi connectivity index (χ1v) is 9.30. The van der Waals surface area contributed by atoms with E-state index in [1.807, 2.05) is 27.0 Å². The highest BCUT2D eigenvalue weighted by molar-refractivity contribution is 7.98. The molecule has 0 saturated carbocycles. The fraction of sp³-hybridized carbons (Fsp3) is 0.688. The smallest absolute Gasteiger partial charge is 0.410 e. The Kier molecular flexibility index (Phi) is 6.28. The number of aliphatic hydroxyl groups excluding tert-OH is 1. The van der Waals surface area contributed by atoms with Crippen LogP contribution in [0.3, 0.4) is 0 Å². The number of likely N-dealkylation sites (tertiary alicyclic amines) is 1. The molecule has 1 aromatic heterocycles. The molecule has 2 N–H and O–H groups in total. The zero-order chi connectivity index (χ0) is 17.7. The molecule has 1 fully saturated rings. The lowest BCUT2D eigenvalue weighted by atomic mass is 10.1. The standard InChI is InChI=1S/C16H26N4O3S/c1-16(2,3)23-15(22)20-7-5-12(6-8-20)18-13-11(10-21)9-17-14(19-13)24-4/h9,12,21H,5-8,10H2,1-4H3,(H,17,18,19). The van der Waals surface area contributed by atoms with E-state index in [-0.39, 0.29) is 18.7 Å². The third-order valence-corrected chi connectivity index (χ3v) is 4.24. The second kappa shape index (κ2) is 8.02. The molecule has 1 aliphatic heterocycles. The van der Waals surface area contributed by atoms with Crippen molar-refractivity contribution in [2.45, 2.75) is 57.0 Å². The molecule has 0 spiro atoms. The molecule has 0 atom stereocenters. The van der Waals surface area contributed by atoms with Crippen molar-refractivity contribution < 1.29 is 14.6 Å². The molecule has 1 aliphatic rings. The topological polar surface area (TPSA) is 87.6 Å². The summed E-state index contributed by atoms with van der Waals surface area (Å²) >= 11 is 1.46. The van der Waals surface area contributed by atoms with E-state index in [0.29, 0.717) is 29.6 Å². The second-order valence-corrected chi connectivity index (χ2v) is 7.55. The Bertz CT molecular complexity index is 569. The number of carbonyl (C=O) groups is 1. The van der Waals surface area contributed by atoms with E-state index in [1.54, 1.807) is 11.1 Å². The third-order valence-electron chi connectivity index (χ3n) is 3.68. The number of piperidine rings is 1. The average Bonchev–Trinajstić information content (AvgIpc) is 2.53. The van der Waals surface area contributed by atoms with Crippen LogP contribution in [0.2, 0.25) is 0 Å². The van der Waals surface area contributed by atoms with Crippen LogP contribution in [0.15, 0.2) is 11.4 Å². The first kappa shape index (κ1) is 18.8. The van der Waals surface area contributed by atoms with Crippen molar-refractivity contribution in [3.05, 3.63) is 11.8 Å². The SMILES string of the molecule is CSc1ncc(CO)c(NC2CCN(C(=O)OC(C)(C)C)CC2)n1. The average molecular weight is 354 g/mol. The summed E-state index contributed by atoms with van der Waals surface area (Å²) in [6.07, 6.45) is 4.92. The molecule has 134 valence electrons. The highest BCUT2D eigenvalue weighted by atomic mass is 32.2. The Morgan fingerprint density at radius 2 is 2.12 bits per heavy atom. The predicted molar refractivity (Wildman–Crippen MR) is 94.2 cm³/mol. The number of anilines is 1. The highest BCUT2D eigenvalue weighted by Crippen LogP contribution is 2.21. The fourth-order valence-electron chi connectivity index (χ4n) is 2.46. The van der Waals surface area contributed by atoms with Crippen LogP contribution in [0.25, 0.3) is 0 Å². The van der Waals surface area contributed by atoms with E-state index in [9.17, 15) is 9.90 Å². The molecular weight excluding hydrogens is 328 g/mol. The molecule has 0 unspecified atom stereocenters. The van der Waals surface area contributed by atoms with E-state index in [4.69, 9.17) is 4.74 Å². The number of rotatable bonds is 4. The maximum Gasteiger partial charge on any atom is 0.410 e. The normalized spacial score (nSPS) is 16.1. The number of nitrogens with one attached hydrogen (secondary N) is 1. The van der Waals surface area contributed by atoms with Crippen molar-refractivity contribution >= 4 is 23.7 Å². The van der Waals surface area contributed by atoms with Crippen molar-refractivity contribution in [1.82, 2.24) is 14.9 Å². The van der Waals surface area contributed by atoms with E-state index in [2.05, 4.69) is 15.3 Å². The minimum Gasteiger partial charge on any atom is -0.444 e. The van der Waals surface area contributed by atoms with Crippen LogP contribution in [-0.2, 0) is 11.3 Å². The Morgan fingerprint density at radius 1 is 1.46 bits per heavy atom. The van der Waals surface area contributed by atoms with Gasteiger partial charge in [-0.05, 0) is 39.9 Å². The molecule has 1 aromatic rings. The first-order chi connectivity index (χ1) is 11.3. The van der Waals surface area contributed by atoms with Crippen molar-refractivity contribution in [3.8, 4) is 0 Å². The number of carbonyl (C=O) groups excluding carboxylic acids is 1. The van der Waals surface area contributed by atoms with Gasteiger partial charge in [0.2, 0.25) is 0 Å². The summed E-state index contributed by atoms with van der Waals surface area (Å²) in [7, 11) is 0. The molecule has 24 heavy (non-hydrogen) atoms. The number of thioether (sulfide) groups is 1. The van der Waals surface area contributed by atoms with Gasteiger partial charge in [-0.1, -0.05) is 11.8 Å². The number of hydrogen-bond acceptors (Lipinski definition) is 7. The summed E-state index contributed by atoms with van der Waals surface area (Å²) in [4.78, 5) is 22.4. The van der Waals surface area contributed by atoms with Crippen LogP contribution in [-0.4, -0.2) is 57.1 Å². The van der Waals surface area contributed by atoms with E-state index in [1.165, 1.54) is 11.8 Å². The van der Waals surface area contributed by atoms with Gasteiger partial charge in [-0.15, -0.1) is 0 Å². The Balaban J connectivity index is 1.92. The van der Waals surface area contributed by atoms with Gasteiger partial charge < -0.3 is 20.1 Å². The lowest BCUT2D eigenvalue weighted by Gasteiger charge is -2.34. The zero-order valence-electron chi connectivity index (χ0n) is 14.7. The molecule has 0 radical (unpaired) electrons. The van der Waals surface area contributed by atoms with Gasteiger partial charge in [-0.25, -0.2) is 14.8 Å². The number of nitrogens with zero attached hydrogens (tertiary/aromatic N) is 3. The molecule has 0 aromatic carbocycles. The van der Waals surface area contributed by atoms with Gasteiger partial charge in [-0.2, -0.15) is 0 Å². The Hall–Kier alpha value is -1.54. The summed E-state index contributed by atoms with van der Waals surface area (Å²) in [6.45, 7) is 6.78. The summed E-state index contributed by atoms with van der Waals surface area (Å²) in [5.41, 5.74) is 0.208. The van der Waals surface area contributed by atoms with Crippen LogP contribution in [0.1, 0.15) is 39.2 Å². The molecule has 2 heterocycles. The molecule has 0 bridgehead atoms. The number of amides is 1. The Labute approximate surface area is 147 Å². The van der Waals surface area contributed by atoms with Crippen LogP contribution < -0.4 is 5.32 Å². The molecule has 2 rings (SSSR count). The zero-order valence-corrected chi connectivity index (χ0v) is 15.5. The first-order valence-electron chi connectivity index (χ1n) is 8.07. The summed E-state index contributed by atoms with van der Waals surface area (Å²) < 4.78 is 5.41. The molecule has 7 nitrogen and oxygen atoms in total. The quantitative estimate of drug-likeness (QED) is 0.634. The molecular formula is C16H26N4O3S. The van der Waals surface area contributed by atoms with Gasteiger partial charge in [0.1, 0.15) is 11.4 Å². The monoisotopic (exact) mass is 354 g/mol. The van der Waals surface area contributed by atoms with Gasteiger partial charge in [0.25, 0.3) is 0 Å². The summed E-state index contributed by atoms with van der Waals surface area (Å²) in [6, 6.07) is 0.207. The van der Waals surface area contributed by atoms with Gasteiger partial charge in [-0.3, -0.25) is 0 Å². The maximum absolute atomic E-state index is 12.1. The van der Waals surface area contributed by atoms with Gasteiger partial charge in [0, 0.05) is 30.9 Å². The minimum atomic E-state index is -0.475. The largest absolute Gasteiger partial charge is 0.444 e. The van der Waals surface area contributed by atoms with E-state index < -0.39 is 5.60 Å². The molecule has 1 saturated heterocycles. The minimum absolute atomic E-state index is 0.103. The van der Waals surface area contributed by atoms with Gasteiger partial charge in [0.05, 0.1) is 6.61 Å². The highest BCUT2D eigenvalue weighted by Gasteiger charge is 2.27.